The zero-order chi connectivity index (χ0) is 40.8. The highest BCUT2D eigenvalue weighted by Crippen LogP contribution is 2.39. The monoisotopic (exact) mass is 799 g/mol. The highest BCUT2D eigenvalue weighted by atomic mass is 32.1. The summed E-state index contributed by atoms with van der Waals surface area (Å²) in [6.07, 6.45) is 3.04. The van der Waals surface area contributed by atoms with Crippen LogP contribution in [0.1, 0.15) is 80.5 Å². The van der Waals surface area contributed by atoms with E-state index in [-0.39, 0.29) is 85.9 Å². The molecule has 3 fully saturated rings. The van der Waals surface area contributed by atoms with E-state index in [0.29, 0.717) is 31.1 Å². The third kappa shape index (κ3) is 7.91. The van der Waals surface area contributed by atoms with Crippen LogP contribution in [0, 0.1) is 22.6 Å². The minimum Gasteiger partial charge on any atom is -0.366 e. The molecule has 4 aliphatic heterocycles. The van der Waals surface area contributed by atoms with Crippen LogP contribution in [0.2, 0.25) is 0 Å². The number of nitrogens with zero attached hydrogens (tertiary/aromatic N) is 5. The Labute approximate surface area is 333 Å². The van der Waals surface area contributed by atoms with E-state index in [1.807, 2.05) is 58.0 Å². The second-order valence-electron chi connectivity index (χ2n) is 16.5. The Hall–Kier alpha value is -5.51. The van der Waals surface area contributed by atoms with Crippen LogP contribution in [0.25, 0.3) is 10.4 Å². The minimum absolute atomic E-state index is 0.00616. The summed E-state index contributed by atoms with van der Waals surface area (Å²) in [5, 5.41) is 5.63. The fourth-order valence-electron chi connectivity index (χ4n) is 8.60. The van der Waals surface area contributed by atoms with Gasteiger partial charge in [0.05, 0.1) is 21.7 Å². The Balaban J connectivity index is 0.909. The van der Waals surface area contributed by atoms with Gasteiger partial charge in [0.25, 0.3) is 11.8 Å². The average Bonchev–Trinajstić information content (AvgIpc) is 3.75. The molecule has 3 saturated heterocycles. The van der Waals surface area contributed by atoms with E-state index >= 15 is 4.39 Å². The van der Waals surface area contributed by atoms with E-state index in [4.69, 9.17) is 0 Å². The van der Waals surface area contributed by atoms with Crippen molar-refractivity contribution in [1.29, 1.82) is 0 Å². The van der Waals surface area contributed by atoms with Crippen LogP contribution in [-0.4, -0.2) is 106 Å². The maximum Gasteiger partial charge on any atom is 0.262 e. The van der Waals surface area contributed by atoms with Gasteiger partial charge in [-0.3, -0.25) is 43.8 Å². The lowest BCUT2D eigenvalue weighted by Crippen LogP contribution is -2.54. The van der Waals surface area contributed by atoms with Gasteiger partial charge in [-0.25, -0.2) is 9.37 Å². The van der Waals surface area contributed by atoms with Gasteiger partial charge >= 0.3 is 0 Å². The van der Waals surface area contributed by atoms with Crippen molar-refractivity contribution in [2.45, 2.75) is 65.8 Å². The normalized spacial score (nSPS) is 19.5. The largest absolute Gasteiger partial charge is 0.366 e. The molecular weight excluding hydrogens is 754 g/mol. The number of carbonyl (C=O) groups excluding carboxylic acids is 7. The summed E-state index contributed by atoms with van der Waals surface area (Å²) in [6.45, 7) is 9.26. The van der Waals surface area contributed by atoms with Crippen LogP contribution in [0.15, 0.2) is 48.7 Å². The summed E-state index contributed by atoms with van der Waals surface area (Å²) in [7, 11) is 0. The maximum atomic E-state index is 15.5. The molecule has 16 heteroatoms. The second kappa shape index (κ2) is 15.4. The standard InChI is InChI=1S/C41H46FN7O7S/c1-40(2,37(55)47-14-12-25(13-15-47)33(51)45-39-43-22-31(57-39)24-8-6-5-7-9-24)23-41(3,4)38(56)48-18-16-46(17-19-48)30-21-27-26(20-28(30)42)35(53)49(36(27)54)29-10-11-32(50)44-34(29)52/h5-9,20-22,25,29H,10-19,23H2,1-4H3,(H,43,45,51)(H,44,50,52). The smallest absolute Gasteiger partial charge is 0.262 e. The Morgan fingerprint density at radius 3 is 2.05 bits per heavy atom. The highest BCUT2D eigenvalue weighted by molar-refractivity contribution is 7.19. The number of piperidine rings is 2. The third-order valence-electron chi connectivity index (χ3n) is 11.4. The van der Waals surface area contributed by atoms with Gasteiger partial charge in [0, 0.05) is 68.6 Å². The third-order valence-corrected chi connectivity index (χ3v) is 12.4. The highest BCUT2D eigenvalue weighted by Gasteiger charge is 2.46. The summed E-state index contributed by atoms with van der Waals surface area (Å²) in [6, 6.07) is 11.0. The van der Waals surface area contributed by atoms with E-state index in [9.17, 15) is 33.6 Å². The first-order valence-corrected chi connectivity index (χ1v) is 20.1. The van der Waals surface area contributed by atoms with Crippen molar-refractivity contribution in [3.8, 4) is 10.4 Å². The molecule has 7 rings (SSSR count). The molecule has 7 amide bonds. The Bertz CT molecular complexity index is 2140. The van der Waals surface area contributed by atoms with Crippen LogP contribution >= 0.6 is 11.3 Å². The molecule has 3 aromatic rings. The zero-order valence-corrected chi connectivity index (χ0v) is 33.2. The lowest BCUT2D eigenvalue weighted by Gasteiger charge is -2.42. The van der Waals surface area contributed by atoms with E-state index in [1.54, 1.807) is 20.9 Å². The van der Waals surface area contributed by atoms with Crippen LogP contribution in [0.4, 0.5) is 15.2 Å². The molecular formula is C41H46FN7O7S. The fraction of sp³-hybridized carbons (Fsp3) is 0.463. The molecule has 5 heterocycles. The Morgan fingerprint density at radius 1 is 0.842 bits per heavy atom. The van der Waals surface area contributed by atoms with Gasteiger partial charge in [-0.2, -0.15) is 0 Å². The number of likely N-dealkylation sites (tertiary alicyclic amines) is 1. The van der Waals surface area contributed by atoms with Crippen LogP contribution in [-0.2, 0) is 24.0 Å². The van der Waals surface area contributed by atoms with Gasteiger partial charge in [-0.1, -0.05) is 69.4 Å². The average molecular weight is 800 g/mol. The molecule has 1 aromatic heterocycles. The van der Waals surface area contributed by atoms with Crippen LogP contribution in [0.5, 0.6) is 0 Å². The molecule has 14 nitrogen and oxygen atoms in total. The van der Waals surface area contributed by atoms with Crippen molar-refractivity contribution >= 4 is 63.5 Å². The van der Waals surface area contributed by atoms with E-state index in [2.05, 4.69) is 15.6 Å². The predicted molar refractivity (Wildman–Crippen MR) is 210 cm³/mol. The summed E-state index contributed by atoms with van der Waals surface area (Å²) < 4.78 is 15.5. The molecule has 1 atom stereocenters. The van der Waals surface area contributed by atoms with Crippen molar-refractivity contribution in [3.63, 3.8) is 0 Å². The van der Waals surface area contributed by atoms with E-state index in [1.165, 1.54) is 17.4 Å². The first kappa shape index (κ1) is 39.7. The summed E-state index contributed by atoms with van der Waals surface area (Å²) in [5.41, 5.74) is -0.795. The lowest BCUT2D eigenvalue weighted by atomic mass is 9.73. The van der Waals surface area contributed by atoms with Gasteiger partial charge in [0.1, 0.15) is 11.9 Å². The number of imide groups is 2. The molecule has 0 spiro atoms. The predicted octanol–water partition coefficient (Wildman–Crippen LogP) is 4.32. The van der Waals surface area contributed by atoms with Crippen molar-refractivity contribution in [2.75, 3.05) is 49.5 Å². The number of hydrogen-bond acceptors (Lipinski definition) is 10. The Kier molecular flexibility index (Phi) is 10.8. The quantitative estimate of drug-likeness (QED) is 0.300. The number of anilines is 2. The number of aromatic nitrogens is 1. The summed E-state index contributed by atoms with van der Waals surface area (Å²) in [5.74, 6) is -4.01. The van der Waals surface area contributed by atoms with Gasteiger partial charge < -0.3 is 20.0 Å². The number of piperazine rings is 1. The lowest BCUT2D eigenvalue weighted by molar-refractivity contribution is -0.149. The zero-order valence-electron chi connectivity index (χ0n) is 32.4. The molecule has 4 aliphatic rings. The molecule has 300 valence electrons. The first-order chi connectivity index (χ1) is 27.0. The SMILES string of the molecule is CC(C)(CC(C)(C)C(=O)N1CCN(c2cc3c(cc2F)C(=O)N(C2CCC(=O)NC2=O)C3=O)CC1)C(=O)N1CCC(C(=O)Nc2ncc(-c3ccccc3)s2)CC1. The maximum absolute atomic E-state index is 15.5. The molecule has 57 heavy (non-hydrogen) atoms. The number of amides is 7. The van der Waals surface area contributed by atoms with Crippen molar-refractivity contribution in [1.82, 2.24) is 25.0 Å². The van der Waals surface area contributed by atoms with E-state index < -0.39 is 46.3 Å². The van der Waals surface area contributed by atoms with Gasteiger partial charge in [0.2, 0.25) is 29.5 Å². The van der Waals surface area contributed by atoms with Crippen LogP contribution < -0.4 is 15.5 Å². The molecule has 0 radical (unpaired) electrons. The number of hydrogen-bond donors (Lipinski definition) is 2. The van der Waals surface area contributed by atoms with Crippen molar-refractivity contribution in [3.05, 3.63) is 65.6 Å². The molecule has 0 saturated carbocycles. The van der Waals surface area contributed by atoms with Crippen LogP contribution in [0.3, 0.4) is 0 Å². The van der Waals surface area contributed by atoms with E-state index in [0.717, 1.165) is 21.4 Å². The molecule has 0 aliphatic carbocycles. The van der Waals surface area contributed by atoms with Crippen molar-refractivity contribution in [2.24, 2.45) is 16.7 Å². The second-order valence-corrected chi connectivity index (χ2v) is 17.5. The summed E-state index contributed by atoms with van der Waals surface area (Å²) in [4.78, 5) is 103. The number of benzene rings is 2. The topological polar surface area (TPSA) is 169 Å². The van der Waals surface area contributed by atoms with Crippen molar-refractivity contribution < 1.29 is 38.0 Å². The molecule has 2 N–H and O–H groups in total. The molecule has 0 bridgehead atoms. The molecule has 2 aromatic carbocycles. The minimum atomic E-state index is -1.16. The fourth-order valence-corrected chi connectivity index (χ4v) is 9.43. The van der Waals surface area contributed by atoms with Gasteiger partial charge in [0.15, 0.2) is 5.13 Å². The van der Waals surface area contributed by atoms with Gasteiger partial charge in [-0.15, -0.1) is 0 Å². The number of halogens is 1. The number of fused-ring (bicyclic) bond motifs is 1. The Morgan fingerprint density at radius 2 is 1.44 bits per heavy atom. The molecule has 1 unspecified atom stereocenters. The number of carbonyl (C=O) groups is 7. The van der Waals surface area contributed by atoms with Gasteiger partial charge in [-0.05, 0) is 43.4 Å². The number of thiazole rings is 1. The number of nitrogens with one attached hydrogen (secondary N) is 2. The first-order valence-electron chi connectivity index (χ1n) is 19.2. The number of rotatable bonds is 9. The summed E-state index contributed by atoms with van der Waals surface area (Å²) >= 11 is 1.42.